The van der Waals surface area contributed by atoms with Crippen LogP contribution >= 0.6 is 11.3 Å². The van der Waals surface area contributed by atoms with Gasteiger partial charge in [-0.25, -0.2) is 8.42 Å². The molecule has 0 aliphatic carbocycles. The minimum absolute atomic E-state index is 0.00937. The maximum Gasteiger partial charge on any atom is 0.305 e. The van der Waals surface area contributed by atoms with Gasteiger partial charge in [-0.3, -0.25) is 14.9 Å². The largest absolute Gasteiger partial charge is 0.353 e. The van der Waals surface area contributed by atoms with E-state index in [2.05, 4.69) is 5.32 Å². The molecule has 1 aliphatic rings. The molecule has 0 spiro atoms. The first kappa shape index (κ1) is 13.7. The molecule has 104 valence electrons. The van der Waals surface area contributed by atoms with Crippen molar-refractivity contribution in [2.75, 3.05) is 30.8 Å². The summed E-state index contributed by atoms with van der Waals surface area (Å²) in [6.07, 6.45) is 0.995. The van der Waals surface area contributed by atoms with Crippen molar-refractivity contribution in [2.24, 2.45) is 0 Å². The molecular formula is C9H11N3O5S2. The first-order chi connectivity index (χ1) is 8.79. The molecule has 2 heterocycles. The van der Waals surface area contributed by atoms with E-state index in [0.29, 0.717) is 13.1 Å². The van der Waals surface area contributed by atoms with Gasteiger partial charge in [0.2, 0.25) is 5.91 Å². The lowest BCUT2D eigenvalue weighted by Gasteiger charge is -2.26. The Labute approximate surface area is 113 Å². The van der Waals surface area contributed by atoms with Gasteiger partial charge in [0.15, 0.2) is 14.8 Å². The van der Waals surface area contributed by atoms with E-state index in [4.69, 9.17) is 0 Å². The number of hydrogen-bond acceptors (Lipinski definition) is 7. The molecule has 1 aromatic rings. The van der Waals surface area contributed by atoms with Crippen LogP contribution in [-0.4, -0.2) is 45.1 Å². The monoisotopic (exact) mass is 305 g/mol. The van der Waals surface area contributed by atoms with Crippen LogP contribution < -0.4 is 10.2 Å². The summed E-state index contributed by atoms with van der Waals surface area (Å²) in [5.41, 5.74) is -0.278. The maximum atomic E-state index is 11.5. The van der Waals surface area contributed by atoms with Crippen LogP contribution in [0, 0.1) is 10.1 Å². The van der Waals surface area contributed by atoms with E-state index in [9.17, 15) is 23.3 Å². The third-order valence-corrected chi connectivity index (χ3v) is 5.55. The maximum absolute atomic E-state index is 11.5. The van der Waals surface area contributed by atoms with Gasteiger partial charge in [-0.15, -0.1) is 0 Å². The van der Waals surface area contributed by atoms with Crippen LogP contribution in [0.1, 0.15) is 0 Å². The Bertz CT molecular complexity index is 636. The SMILES string of the molecule is CS(=O)(=O)c1cc([N+](=O)[O-])c(N2CCNC(=O)C2)s1. The van der Waals surface area contributed by atoms with Crippen molar-refractivity contribution in [1.29, 1.82) is 0 Å². The smallest absolute Gasteiger partial charge is 0.305 e. The van der Waals surface area contributed by atoms with Crippen molar-refractivity contribution >= 4 is 37.8 Å². The lowest BCUT2D eigenvalue weighted by molar-refractivity contribution is -0.383. The van der Waals surface area contributed by atoms with E-state index in [1.165, 1.54) is 4.90 Å². The number of amides is 1. The summed E-state index contributed by atoms with van der Waals surface area (Å²) in [7, 11) is -3.50. The van der Waals surface area contributed by atoms with E-state index in [-0.39, 0.29) is 27.3 Å². The van der Waals surface area contributed by atoms with Gasteiger partial charge in [-0.1, -0.05) is 11.3 Å². The summed E-state index contributed by atoms with van der Waals surface area (Å²) in [5, 5.41) is 13.8. The fraction of sp³-hybridized carbons (Fsp3) is 0.444. The minimum atomic E-state index is -3.50. The highest BCUT2D eigenvalue weighted by atomic mass is 32.2. The number of carbonyl (C=O) groups is 1. The number of sulfone groups is 1. The first-order valence-corrected chi connectivity index (χ1v) is 8.00. The van der Waals surface area contributed by atoms with E-state index in [1.807, 2.05) is 0 Å². The van der Waals surface area contributed by atoms with Crippen molar-refractivity contribution < 1.29 is 18.1 Å². The number of nitrogens with one attached hydrogen (secondary N) is 1. The molecule has 8 nitrogen and oxygen atoms in total. The van der Waals surface area contributed by atoms with Gasteiger partial charge in [0.25, 0.3) is 0 Å². The molecule has 0 aromatic carbocycles. The van der Waals surface area contributed by atoms with E-state index in [0.717, 1.165) is 23.7 Å². The van der Waals surface area contributed by atoms with Crippen LogP contribution in [0.25, 0.3) is 0 Å². The Morgan fingerprint density at radius 2 is 2.21 bits per heavy atom. The van der Waals surface area contributed by atoms with Crippen molar-refractivity contribution in [1.82, 2.24) is 5.32 Å². The Kier molecular flexibility index (Phi) is 3.45. The van der Waals surface area contributed by atoms with Crippen molar-refractivity contribution in [2.45, 2.75) is 4.21 Å². The van der Waals surface area contributed by atoms with Crippen LogP contribution in [0.4, 0.5) is 10.7 Å². The lowest BCUT2D eigenvalue weighted by atomic mass is 10.3. The lowest BCUT2D eigenvalue weighted by Crippen LogP contribution is -2.47. The number of anilines is 1. The fourth-order valence-electron chi connectivity index (χ4n) is 1.70. The van der Waals surface area contributed by atoms with Crippen LogP contribution in [0.15, 0.2) is 10.3 Å². The third-order valence-electron chi connectivity index (χ3n) is 2.56. The van der Waals surface area contributed by atoms with Crippen LogP contribution in [-0.2, 0) is 14.6 Å². The normalized spacial score (nSPS) is 16.3. The molecule has 10 heteroatoms. The molecular weight excluding hydrogens is 294 g/mol. The highest BCUT2D eigenvalue weighted by Crippen LogP contribution is 2.39. The van der Waals surface area contributed by atoms with Gasteiger partial charge < -0.3 is 10.2 Å². The highest BCUT2D eigenvalue weighted by Gasteiger charge is 2.29. The highest BCUT2D eigenvalue weighted by molar-refractivity contribution is 7.92. The molecule has 1 aromatic heterocycles. The fourth-order valence-corrected chi connectivity index (χ4v) is 3.75. The molecule has 0 atom stereocenters. The summed E-state index contributed by atoms with van der Waals surface area (Å²) in [5.74, 6) is -0.241. The average molecular weight is 305 g/mol. The number of nitro groups is 1. The summed E-state index contributed by atoms with van der Waals surface area (Å²) < 4.78 is 22.8. The van der Waals surface area contributed by atoms with Gasteiger partial charge in [0.05, 0.1) is 11.5 Å². The predicted octanol–water partition coefficient (Wildman–Crippen LogP) is -0.00400. The Hall–Kier alpha value is -1.68. The van der Waals surface area contributed by atoms with E-state index < -0.39 is 14.8 Å². The predicted molar refractivity (Wildman–Crippen MR) is 69.3 cm³/mol. The van der Waals surface area contributed by atoms with E-state index in [1.54, 1.807) is 0 Å². The topological polar surface area (TPSA) is 110 Å². The molecule has 1 aliphatic heterocycles. The first-order valence-electron chi connectivity index (χ1n) is 5.29. The molecule has 0 radical (unpaired) electrons. The Morgan fingerprint density at radius 3 is 2.74 bits per heavy atom. The summed E-state index contributed by atoms with van der Waals surface area (Å²) in [6.45, 7) is 0.781. The van der Waals surface area contributed by atoms with Crippen LogP contribution in [0.3, 0.4) is 0 Å². The molecule has 0 bridgehead atoms. The average Bonchev–Trinajstić information content (AvgIpc) is 2.73. The number of piperazine rings is 1. The summed E-state index contributed by atoms with van der Waals surface area (Å²) >= 11 is 0.820. The summed E-state index contributed by atoms with van der Waals surface area (Å²) in [4.78, 5) is 23.2. The molecule has 1 N–H and O–H groups in total. The molecule has 0 unspecified atom stereocenters. The second-order valence-corrected chi connectivity index (χ2v) is 7.33. The second kappa shape index (κ2) is 4.78. The molecule has 1 amide bonds. The van der Waals surface area contributed by atoms with Crippen molar-refractivity contribution in [3.63, 3.8) is 0 Å². The zero-order valence-electron chi connectivity index (χ0n) is 9.95. The van der Waals surface area contributed by atoms with Gasteiger partial charge in [-0.05, 0) is 0 Å². The van der Waals surface area contributed by atoms with Gasteiger partial charge in [-0.2, -0.15) is 0 Å². The Balaban J connectivity index is 2.46. The van der Waals surface area contributed by atoms with Gasteiger partial charge in [0.1, 0.15) is 4.21 Å². The molecule has 0 saturated carbocycles. The third kappa shape index (κ3) is 2.84. The Morgan fingerprint density at radius 1 is 1.53 bits per heavy atom. The molecule has 1 saturated heterocycles. The molecule has 19 heavy (non-hydrogen) atoms. The van der Waals surface area contributed by atoms with Gasteiger partial charge in [0, 0.05) is 25.4 Å². The van der Waals surface area contributed by atoms with Crippen molar-refractivity contribution in [3.05, 3.63) is 16.2 Å². The number of hydrogen-bond donors (Lipinski definition) is 1. The minimum Gasteiger partial charge on any atom is -0.353 e. The molecule has 2 rings (SSSR count). The number of thiophene rings is 1. The number of rotatable bonds is 3. The summed E-state index contributed by atoms with van der Waals surface area (Å²) in [6, 6.07) is 1.04. The zero-order valence-corrected chi connectivity index (χ0v) is 11.6. The quantitative estimate of drug-likeness (QED) is 0.621. The zero-order chi connectivity index (χ0) is 14.2. The number of carbonyl (C=O) groups excluding carboxylic acids is 1. The van der Waals surface area contributed by atoms with Gasteiger partial charge >= 0.3 is 5.69 Å². The standard InChI is InChI=1S/C9H11N3O5S2/c1-19(16,17)8-4-6(12(14)15)9(18-8)11-3-2-10-7(13)5-11/h4H,2-3,5H2,1H3,(H,10,13). The van der Waals surface area contributed by atoms with E-state index >= 15 is 0 Å². The number of nitrogens with zero attached hydrogens (tertiary/aromatic N) is 2. The van der Waals surface area contributed by atoms with Crippen molar-refractivity contribution in [3.8, 4) is 0 Å². The van der Waals surface area contributed by atoms with Crippen LogP contribution in [0.2, 0.25) is 0 Å². The van der Waals surface area contributed by atoms with Crippen LogP contribution in [0.5, 0.6) is 0 Å². The molecule has 1 fully saturated rings. The second-order valence-electron chi connectivity index (χ2n) is 4.06.